The number of benzene rings is 2. The number of halogens is 1. The third kappa shape index (κ3) is 1.93. The summed E-state index contributed by atoms with van der Waals surface area (Å²) in [5.41, 5.74) is 8.64. The highest BCUT2D eigenvalue weighted by molar-refractivity contribution is 5.81. The minimum absolute atomic E-state index is 0.184. The predicted molar refractivity (Wildman–Crippen MR) is 79.5 cm³/mol. The average Bonchev–Trinajstić information content (AvgIpc) is 2.78. The molecule has 0 radical (unpaired) electrons. The van der Waals surface area contributed by atoms with Gasteiger partial charge in [-0.15, -0.1) is 0 Å². The van der Waals surface area contributed by atoms with Crippen molar-refractivity contribution in [1.82, 2.24) is 9.55 Å². The van der Waals surface area contributed by atoms with Crippen molar-refractivity contribution in [1.29, 1.82) is 0 Å². The summed E-state index contributed by atoms with van der Waals surface area (Å²) in [6.07, 6.45) is 0. The Hall–Kier alpha value is -2.36. The Labute approximate surface area is 116 Å². The number of anilines is 1. The van der Waals surface area contributed by atoms with Crippen LogP contribution in [0.25, 0.3) is 16.7 Å². The summed E-state index contributed by atoms with van der Waals surface area (Å²) in [6, 6.07) is 12.2. The Kier molecular flexibility index (Phi) is 2.93. The van der Waals surface area contributed by atoms with Gasteiger partial charge in [-0.05, 0) is 30.3 Å². The number of nitrogens with two attached hydrogens (primary N) is 1. The van der Waals surface area contributed by atoms with Crippen LogP contribution in [0.4, 0.5) is 10.1 Å². The standard InChI is InChI=1S/C16H16FN3/c1-10(2)16-19-13-9-11(18)7-8-15(13)20(16)14-6-4-3-5-12(14)17/h3-10H,18H2,1-2H3. The van der Waals surface area contributed by atoms with Crippen LogP contribution in [0.3, 0.4) is 0 Å². The first-order valence-electron chi connectivity index (χ1n) is 6.60. The predicted octanol–water partition coefficient (Wildman–Crippen LogP) is 3.87. The maximum Gasteiger partial charge on any atom is 0.147 e. The molecule has 3 rings (SSSR count). The van der Waals surface area contributed by atoms with Crippen molar-refractivity contribution in [2.75, 3.05) is 5.73 Å². The van der Waals surface area contributed by atoms with E-state index in [4.69, 9.17) is 5.73 Å². The lowest BCUT2D eigenvalue weighted by Crippen LogP contribution is -2.04. The highest BCUT2D eigenvalue weighted by Crippen LogP contribution is 2.28. The van der Waals surface area contributed by atoms with Crippen LogP contribution >= 0.6 is 0 Å². The van der Waals surface area contributed by atoms with Crippen LogP contribution in [-0.4, -0.2) is 9.55 Å². The number of aromatic nitrogens is 2. The molecule has 0 bridgehead atoms. The molecule has 0 aliphatic carbocycles. The molecule has 2 aromatic carbocycles. The summed E-state index contributed by atoms with van der Waals surface area (Å²) in [6.45, 7) is 4.09. The van der Waals surface area contributed by atoms with E-state index in [2.05, 4.69) is 4.98 Å². The fourth-order valence-electron chi connectivity index (χ4n) is 2.39. The molecule has 0 fully saturated rings. The Morgan fingerprint density at radius 2 is 1.90 bits per heavy atom. The smallest absolute Gasteiger partial charge is 0.147 e. The lowest BCUT2D eigenvalue weighted by molar-refractivity contribution is 0.613. The molecule has 1 heterocycles. The summed E-state index contributed by atoms with van der Waals surface area (Å²) in [5.74, 6) is 0.754. The van der Waals surface area contributed by atoms with Gasteiger partial charge >= 0.3 is 0 Å². The van der Waals surface area contributed by atoms with Crippen LogP contribution in [0.2, 0.25) is 0 Å². The zero-order chi connectivity index (χ0) is 14.3. The van der Waals surface area contributed by atoms with Crippen molar-refractivity contribution in [2.45, 2.75) is 19.8 Å². The van der Waals surface area contributed by atoms with E-state index >= 15 is 0 Å². The van der Waals surface area contributed by atoms with Gasteiger partial charge in [-0.2, -0.15) is 0 Å². The second-order valence-corrected chi connectivity index (χ2v) is 5.16. The van der Waals surface area contributed by atoms with Crippen LogP contribution in [0.1, 0.15) is 25.6 Å². The Bertz CT molecular complexity index is 774. The quantitative estimate of drug-likeness (QED) is 0.718. The Balaban J connectivity index is 2.38. The summed E-state index contributed by atoms with van der Waals surface area (Å²) >= 11 is 0. The Morgan fingerprint density at radius 1 is 1.15 bits per heavy atom. The molecular formula is C16H16FN3. The molecule has 3 aromatic rings. The molecule has 0 saturated heterocycles. The molecule has 0 unspecified atom stereocenters. The van der Waals surface area contributed by atoms with Gasteiger partial charge in [-0.1, -0.05) is 26.0 Å². The van der Waals surface area contributed by atoms with Crippen molar-refractivity contribution >= 4 is 16.7 Å². The number of rotatable bonds is 2. The van der Waals surface area contributed by atoms with Crippen LogP contribution in [-0.2, 0) is 0 Å². The molecule has 0 amide bonds. The SMILES string of the molecule is CC(C)c1nc2cc(N)ccc2n1-c1ccccc1F. The van der Waals surface area contributed by atoms with E-state index < -0.39 is 0 Å². The minimum Gasteiger partial charge on any atom is -0.399 e. The van der Waals surface area contributed by atoms with Gasteiger partial charge in [0.05, 0.1) is 16.7 Å². The van der Waals surface area contributed by atoms with E-state index in [1.165, 1.54) is 6.07 Å². The third-order valence-corrected chi connectivity index (χ3v) is 3.31. The number of nitrogen functional groups attached to an aromatic ring is 1. The molecule has 0 saturated carbocycles. The molecule has 102 valence electrons. The van der Waals surface area contributed by atoms with E-state index in [0.717, 1.165) is 16.9 Å². The number of hydrogen-bond donors (Lipinski definition) is 1. The van der Waals surface area contributed by atoms with E-state index in [1.807, 2.05) is 42.7 Å². The molecule has 3 nitrogen and oxygen atoms in total. The molecular weight excluding hydrogens is 253 g/mol. The zero-order valence-corrected chi connectivity index (χ0v) is 11.5. The number of imidazole rings is 1. The first kappa shape index (κ1) is 12.7. The molecule has 0 spiro atoms. The van der Waals surface area contributed by atoms with E-state index in [0.29, 0.717) is 11.4 Å². The van der Waals surface area contributed by atoms with E-state index in [1.54, 1.807) is 12.1 Å². The first-order chi connectivity index (χ1) is 9.58. The molecule has 20 heavy (non-hydrogen) atoms. The van der Waals surface area contributed by atoms with Gasteiger partial charge in [0.25, 0.3) is 0 Å². The second-order valence-electron chi connectivity index (χ2n) is 5.16. The van der Waals surface area contributed by atoms with Crippen LogP contribution in [0.15, 0.2) is 42.5 Å². The normalized spacial score (nSPS) is 11.4. The summed E-state index contributed by atoms with van der Waals surface area (Å²) in [7, 11) is 0. The van der Waals surface area contributed by atoms with Crippen LogP contribution in [0.5, 0.6) is 0 Å². The van der Waals surface area contributed by atoms with Gasteiger partial charge in [-0.3, -0.25) is 4.57 Å². The summed E-state index contributed by atoms with van der Waals surface area (Å²) in [4.78, 5) is 4.61. The van der Waals surface area contributed by atoms with Crippen molar-refractivity contribution in [2.24, 2.45) is 0 Å². The van der Waals surface area contributed by atoms with Crippen LogP contribution in [0, 0.1) is 5.82 Å². The summed E-state index contributed by atoms with van der Waals surface area (Å²) in [5, 5.41) is 0. The number of para-hydroxylation sites is 1. The summed E-state index contributed by atoms with van der Waals surface area (Å²) < 4.78 is 16.0. The maximum atomic E-state index is 14.1. The lowest BCUT2D eigenvalue weighted by atomic mass is 10.2. The number of hydrogen-bond acceptors (Lipinski definition) is 2. The Morgan fingerprint density at radius 3 is 2.60 bits per heavy atom. The fraction of sp³-hybridized carbons (Fsp3) is 0.188. The molecule has 1 aromatic heterocycles. The number of fused-ring (bicyclic) bond motifs is 1. The highest BCUT2D eigenvalue weighted by Gasteiger charge is 2.17. The molecule has 0 atom stereocenters. The highest BCUT2D eigenvalue weighted by atomic mass is 19.1. The van der Waals surface area contributed by atoms with Gasteiger partial charge in [-0.25, -0.2) is 9.37 Å². The average molecular weight is 269 g/mol. The molecule has 2 N–H and O–H groups in total. The molecule has 4 heteroatoms. The van der Waals surface area contributed by atoms with Crippen LogP contribution < -0.4 is 5.73 Å². The molecule has 0 aliphatic heterocycles. The fourth-order valence-corrected chi connectivity index (χ4v) is 2.39. The van der Waals surface area contributed by atoms with Gasteiger partial charge < -0.3 is 5.73 Å². The van der Waals surface area contributed by atoms with Gasteiger partial charge in [0.2, 0.25) is 0 Å². The van der Waals surface area contributed by atoms with Crippen molar-refractivity contribution in [3.05, 3.63) is 54.1 Å². The lowest BCUT2D eigenvalue weighted by Gasteiger charge is -2.12. The first-order valence-corrected chi connectivity index (χ1v) is 6.60. The molecule has 0 aliphatic rings. The number of nitrogens with zero attached hydrogens (tertiary/aromatic N) is 2. The van der Waals surface area contributed by atoms with Gasteiger partial charge in [0.15, 0.2) is 0 Å². The topological polar surface area (TPSA) is 43.8 Å². The van der Waals surface area contributed by atoms with Gasteiger partial charge in [0.1, 0.15) is 11.6 Å². The minimum atomic E-state index is -0.259. The monoisotopic (exact) mass is 269 g/mol. The van der Waals surface area contributed by atoms with E-state index in [-0.39, 0.29) is 11.7 Å². The third-order valence-electron chi connectivity index (χ3n) is 3.31. The largest absolute Gasteiger partial charge is 0.399 e. The zero-order valence-electron chi connectivity index (χ0n) is 11.5. The van der Waals surface area contributed by atoms with Crippen molar-refractivity contribution in [3.8, 4) is 5.69 Å². The maximum absolute atomic E-state index is 14.1. The van der Waals surface area contributed by atoms with E-state index in [9.17, 15) is 4.39 Å². The van der Waals surface area contributed by atoms with Gasteiger partial charge in [0, 0.05) is 11.6 Å². The second kappa shape index (κ2) is 4.63. The van der Waals surface area contributed by atoms with Crippen molar-refractivity contribution in [3.63, 3.8) is 0 Å². The van der Waals surface area contributed by atoms with Crippen molar-refractivity contribution < 1.29 is 4.39 Å².